The standard InChI is InChI=1S/C23H25NO4S2/c1-3-27-7-8-28-23(26)20-14(2)24-17-11-16(19-5-4-9-30-19)12-18(25)22(17)21(20)15-6-10-29-13-15/h4-6,9-10,13,16,21,24H,3,7-8,11-12H2,1-2H3/t16-,21+/m1/s1. The fourth-order valence-electron chi connectivity index (χ4n) is 4.22. The van der Waals surface area contributed by atoms with Crippen LogP contribution in [0.2, 0.25) is 0 Å². The van der Waals surface area contributed by atoms with E-state index in [0.29, 0.717) is 30.8 Å². The minimum atomic E-state index is -0.393. The normalized spacial score (nSPS) is 21.5. The van der Waals surface area contributed by atoms with Gasteiger partial charge >= 0.3 is 5.97 Å². The van der Waals surface area contributed by atoms with E-state index in [4.69, 9.17) is 9.47 Å². The number of ether oxygens (including phenoxy) is 2. The fraction of sp³-hybridized carbons (Fsp3) is 0.391. The van der Waals surface area contributed by atoms with E-state index in [0.717, 1.165) is 23.4 Å². The van der Waals surface area contributed by atoms with Crippen LogP contribution in [0, 0.1) is 0 Å². The van der Waals surface area contributed by atoms with Crippen molar-refractivity contribution in [3.63, 3.8) is 0 Å². The quantitative estimate of drug-likeness (QED) is 0.494. The molecule has 158 valence electrons. The molecule has 5 nitrogen and oxygen atoms in total. The van der Waals surface area contributed by atoms with Gasteiger partial charge in [0, 0.05) is 46.7 Å². The van der Waals surface area contributed by atoms with Gasteiger partial charge in [-0.15, -0.1) is 11.3 Å². The van der Waals surface area contributed by atoms with Crippen LogP contribution in [0.4, 0.5) is 0 Å². The highest BCUT2D eigenvalue weighted by atomic mass is 32.1. The summed E-state index contributed by atoms with van der Waals surface area (Å²) < 4.78 is 10.8. The molecule has 1 aliphatic carbocycles. The molecule has 0 saturated heterocycles. The number of hydrogen-bond acceptors (Lipinski definition) is 7. The molecule has 0 aromatic carbocycles. The van der Waals surface area contributed by atoms with Crippen molar-refractivity contribution in [2.24, 2.45) is 0 Å². The SMILES string of the molecule is CCOCCOC(=O)C1=C(C)NC2=C(C(=O)C[C@H](c3cccs3)C2)[C@H]1c1ccsc1. The topological polar surface area (TPSA) is 64.6 Å². The Hall–Kier alpha value is -2.22. The number of carbonyl (C=O) groups excluding carboxylic acids is 2. The van der Waals surface area contributed by atoms with Gasteiger partial charge in [-0.1, -0.05) is 6.07 Å². The lowest BCUT2D eigenvalue weighted by Crippen LogP contribution is -2.36. The van der Waals surface area contributed by atoms with E-state index in [9.17, 15) is 9.59 Å². The van der Waals surface area contributed by atoms with Gasteiger partial charge in [-0.2, -0.15) is 11.3 Å². The van der Waals surface area contributed by atoms with Crippen LogP contribution in [0.15, 0.2) is 56.9 Å². The van der Waals surface area contributed by atoms with Crippen LogP contribution in [0.1, 0.15) is 49.0 Å². The van der Waals surface area contributed by atoms with Gasteiger partial charge in [0.15, 0.2) is 5.78 Å². The predicted octanol–water partition coefficient (Wildman–Crippen LogP) is 4.75. The second kappa shape index (κ2) is 9.29. The molecule has 2 aliphatic rings. The second-order valence-corrected chi connectivity index (χ2v) is 9.18. The highest BCUT2D eigenvalue weighted by Crippen LogP contribution is 2.46. The zero-order valence-corrected chi connectivity index (χ0v) is 18.7. The summed E-state index contributed by atoms with van der Waals surface area (Å²) in [4.78, 5) is 27.6. The van der Waals surface area contributed by atoms with Crippen LogP contribution in [0.3, 0.4) is 0 Å². The summed E-state index contributed by atoms with van der Waals surface area (Å²) >= 11 is 3.25. The molecule has 7 heteroatoms. The Labute approximate surface area is 184 Å². The Balaban J connectivity index is 1.66. The van der Waals surface area contributed by atoms with Gasteiger partial charge in [-0.3, -0.25) is 4.79 Å². The maximum Gasteiger partial charge on any atom is 0.336 e. The first-order chi connectivity index (χ1) is 14.6. The van der Waals surface area contributed by atoms with Crippen molar-refractivity contribution in [3.8, 4) is 0 Å². The van der Waals surface area contributed by atoms with Crippen LogP contribution in [-0.4, -0.2) is 31.6 Å². The summed E-state index contributed by atoms with van der Waals surface area (Å²) in [5, 5.41) is 9.42. The molecule has 1 N–H and O–H groups in total. The molecule has 0 spiro atoms. The summed E-state index contributed by atoms with van der Waals surface area (Å²) in [6, 6.07) is 6.11. The van der Waals surface area contributed by atoms with Crippen LogP contribution < -0.4 is 5.32 Å². The van der Waals surface area contributed by atoms with Gasteiger partial charge in [-0.25, -0.2) is 4.79 Å². The Kier molecular flexibility index (Phi) is 6.51. The minimum absolute atomic E-state index is 0.102. The van der Waals surface area contributed by atoms with Gasteiger partial charge in [0.25, 0.3) is 0 Å². The molecule has 0 unspecified atom stereocenters. The van der Waals surface area contributed by atoms with Crippen molar-refractivity contribution in [2.45, 2.75) is 38.5 Å². The van der Waals surface area contributed by atoms with Gasteiger partial charge in [0.1, 0.15) is 6.61 Å². The van der Waals surface area contributed by atoms with E-state index in [-0.39, 0.29) is 24.2 Å². The lowest BCUT2D eigenvalue weighted by molar-refractivity contribution is -0.140. The van der Waals surface area contributed by atoms with E-state index in [2.05, 4.69) is 11.4 Å². The Morgan fingerprint density at radius 3 is 2.80 bits per heavy atom. The highest BCUT2D eigenvalue weighted by Gasteiger charge is 2.41. The minimum Gasteiger partial charge on any atom is -0.460 e. The number of allylic oxidation sites excluding steroid dienone is 3. The molecular formula is C23H25NO4S2. The lowest BCUT2D eigenvalue weighted by Gasteiger charge is -2.36. The zero-order valence-electron chi connectivity index (χ0n) is 17.1. The third-order valence-corrected chi connectivity index (χ3v) is 7.27. The first-order valence-electron chi connectivity index (χ1n) is 10.1. The van der Waals surface area contributed by atoms with Crippen LogP contribution in [0.25, 0.3) is 0 Å². The molecular weight excluding hydrogens is 418 g/mol. The smallest absolute Gasteiger partial charge is 0.336 e. The van der Waals surface area contributed by atoms with E-state index < -0.39 is 5.97 Å². The van der Waals surface area contributed by atoms with Crippen molar-refractivity contribution >= 4 is 34.4 Å². The van der Waals surface area contributed by atoms with Gasteiger partial charge in [0.2, 0.25) is 0 Å². The fourth-order valence-corrected chi connectivity index (χ4v) is 5.74. The molecule has 2 atom stereocenters. The number of ketones is 1. The summed E-state index contributed by atoms with van der Waals surface area (Å²) in [7, 11) is 0. The summed E-state index contributed by atoms with van der Waals surface area (Å²) in [6.07, 6.45) is 1.24. The van der Waals surface area contributed by atoms with E-state index in [1.54, 1.807) is 22.7 Å². The molecule has 0 radical (unpaired) electrons. The molecule has 3 heterocycles. The number of rotatable bonds is 7. The zero-order chi connectivity index (χ0) is 21.1. The van der Waals surface area contributed by atoms with Crippen molar-refractivity contribution in [1.29, 1.82) is 0 Å². The third kappa shape index (κ3) is 4.15. The van der Waals surface area contributed by atoms with Gasteiger partial charge < -0.3 is 14.8 Å². The van der Waals surface area contributed by atoms with Crippen molar-refractivity contribution in [1.82, 2.24) is 5.32 Å². The summed E-state index contributed by atoms with van der Waals surface area (Å²) in [5.74, 6) is -0.496. The first kappa shape index (κ1) is 21.0. The van der Waals surface area contributed by atoms with Crippen LogP contribution >= 0.6 is 22.7 Å². The van der Waals surface area contributed by atoms with Crippen molar-refractivity contribution in [3.05, 3.63) is 67.3 Å². The molecule has 4 rings (SSSR count). The maximum atomic E-state index is 13.3. The van der Waals surface area contributed by atoms with Crippen LogP contribution in [0.5, 0.6) is 0 Å². The average molecular weight is 444 g/mol. The summed E-state index contributed by atoms with van der Waals surface area (Å²) in [5.41, 5.74) is 3.89. The molecule has 1 aliphatic heterocycles. The molecule has 0 amide bonds. The number of hydrogen-bond donors (Lipinski definition) is 1. The van der Waals surface area contributed by atoms with Crippen molar-refractivity contribution < 1.29 is 19.1 Å². The van der Waals surface area contributed by atoms with E-state index in [1.807, 2.05) is 42.1 Å². The van der Waals surface area contributed by atoms with Gasteiger partial charge in [0.05, 0.1) is 12.2 Å². The second-order valence-electron chi connectivity index (χ2n) is 7.42. The molecule has 2 aromatic heterocycles. The number of dihydropyridines is 1. The molecule has 0 bridgehead atoms. The van der Waals surface area contributed by atoms with Crippen molar-refractivity contribution in [2.75, 3.05) is 19.8 Å². The van der Waals surface area contributed by atoms with Gasteiger partial charge in [-0.05, 0) is 54.1 Å². The monoisotopic (exact) mass is 443 g/mol. The molecule has 0 saturated carbocycles. The van der Waals surface area contributed by atoms with Crippen LogP contribution in [-0.2, 0) is 19.1 Å². The number of nitrogens with one attached hydrogen (secondary N) is 1. The molecule has 2 aromatic rings. The Bertz CT molecular complexity index is 973. The Morgan fingerprint density at radius 2 is 2.10 bits per heavy atom. The molecule has 30 heavy (non-hydrogen) atoms. The number of esters is 1. The highest BCUT2D eigenvalue weighted by molar-refractivity contribution is 7.10. The maximum absolute atomic E-state index is 13.3. The first-order valence-corrected chi connectivity index (χ1v) is 12.0. The predicted molar refractivity (Wildman–Crippen MR) is 119 cm³/mol. The largest absolute Gasteiger partial charge is 0.460 e. The average Bonchev–Trinajstić information content (AvgIpc) is 3.44. The number of thiophene rings is 2. The van der Waals surface area contributed by atoms with E-state index >= 15 is 0 Å². The Morgan fingerprint density at radius 1 is 1.23 bits per heavy atom. The van der Waals surface area contributed by atoms with E-state index in [1.165, 1.54) is 4.88 Å². The summed E-state index contributed by atoms with van der Waals surface area (Å²) in [6.45, 7) is 4.93. The number of carbonyl (C=O) groups is 2. The number of Topliss-reactive ketones (excluding diaryl/α,β-unsaturated/α-hetero) is 1. The lowest BCUT2D eigenvalue weighted by atomic mass is 9.73. The third-order valence-electron chi connectivity index (χ3n) is 5.53. The molecule has 0 fully saturated rings.